The van der Waals surface area contributed by atoms with Crippen LogP contribution in [0.25, 0.3) is 30.8 Å². The third-order valence-corrected chi connectivity index (χ3v) is 0. The first-order valence-electron chi connectivity index (χ1n) is 0.200. The van der Waals surface area contributed by atoms with Gasteiger partial charge in [-0.1, -0.05) is 0 Å². The van der Waals surface area contributed by atoms with Crippen molar-refractivity contribution in [3.63, 3.8) is 0 Å². The summed E-state index contributed by atoms with van der Waals surface area (Å²) in [5, 5.41) is 12.0. The van der Waals surface area contributed by atoms with E-state index in [1.807, 2.05) is 0 Å². The predicted octanol–water partition coefficient (Wildman–Crippen LogP) is 3.61. The van der Waals surface area contributed by atoms with Gasteiger partial charge >= 0.3 is 19.5 Å². The molecule has 0 fully saturated rings. The Morgan fingerprint density at radius 1 is 0.500 bits per heavy atom. The second-order valence-electron chi connectivity index (χ2n) is 0. The molecule has 0 saturated carbocycles. The molecule has 0 bridgehead atoms. The van der Waals surface area contributed by atoms with Crippen LogP contribution < -0.4 is 0 Å². The molecule has 8 heavy (non-hydrogen) atoms. The summed E-state index contributed by atoms with van der Waals surface area (Å²) in [5.41, 5.74) is 0. The molecule has 0 aromatic carbocycles. The van der Waals surface area contributed by atoms with Crippen molar-refractivity contribution in [1.29, 1.82) is 10.8 Å². The first-order chi connectivity index (χ1) is 1.00. The molecule has 0 atom stereocenters. The maximum absolute atomic E-state index is 6.00. The average molecular weight is 209 g/mol. The molecule has 8 heteroatoms. The Hall–Kier alpha value is -0.157. The zero-order valence-electron chi connectivity index (χ0n) is 4.13. The molecule has 0 aliphatic rings. The summed E-state index contributed by atoms with van der Waals surface area (Å²) < 4.78 is 0. The molecule has 0 unspecified atom stereocenters. The topological polar surface area (TPSA) is 215 Å². The fourth-order valence-corrected chi connectivity index (χ4v) is 0. The van der Waals surface area contributed by atoms with Crippen molar-refractivity contribution < 1.29 is 19.5 Å². The first kappa shape index (κ1) is 516. The Morgan fingerprint density at radius 3 is 0.500 bits per heavy atom. The minimum atomic E-state index is 0. The summed E-state index contributed by atoms with van der Waals surface area (Å²) in [6.45, 7) is 0. The predicted molar refractivity (Wildman–Crippen MR) is 29.9 cm³/mol. The van der Waals surface area contributed by atoms with Gasteiger partial charge in [0.2, 0.25) is 0 Å². The van der Waals surface area contributed by atoms with E-state index in [0.29, 0.717) is 0 Å². The first-order valence-corrected chi connectivity index (χ1v) is 0.200. The summed E-state index contributed by atoms with van der Waals surface area (Å²) in [6.07, 6.45) is 0. The second-order valence-corrected chi connectivity index (χ2v) is 0. The van der Waals surface area contributed by atoms with Gasteiger partial charge in [-0.3, -0.25) is 0 Å². The van der Waals surface area contributed by atoms with E-state index in [-0.39, 0.29) is 50.2 Å². The summed E-state index contributed by atoms with van der Waals surface area (Å²) >= 11 is 0. The normalized spacial score (nSPS) is 0.250. The van der Waals surface area contributed by atoms with Crippen LogP contribution in [0.15, 0.2) is 0 Å². The zero-order valence-corrected chi connectivity index (χ0v) is 5.87. The van der Waals surface area contributed by atoms with E-state index in [1.165, 1.54) is 0 Å². The van der Waals surface area contributed by atoms with E-state index in [2.05, 4.69) is 0 Å². The van der Waals surface area contributed by atoms with Gasteiger partial charge in [0.1, 0.15) is 0 Å². The van der Waals surface area contributed by atoms with E-state index in [0.717, 1.165) is 0 Å². The zero-order chi connectivity index (χ0) is 2.00. The van der Waals surface area contributed by atoms with Crippen molar-refractivity contribution in [2.75, 3.05) is 0 Å². The Bertz CT molecular complexity index is 9.10. The van der Waals surface area contributed by atoms with Crippen LogP contribution in [0, 0.1) is 10.8 Å². The van der Waals surface area contributed by atoms with Gasteiger partial charge in [-0.15, -0.1) is 0 Å². The smallest absolute Gasteiger partial charge is 0.693 e. The average Bonchev–Trinajstić information content (AvgIpc) is 1.00. The molecule has 0 heterocycles. The quantitative estimate of drug-likeness (QED) is 0.431. The molecule has 0 aliphatic carbocycles. The van der Waals surface area contributed by atoms with Gasteiger partial charge in [0, 0.05) is 10.8 Å². The van der Waals surface area contributed by atoms with Crippen LogP contribution >= 0.6 is 0 Å². The number of hydrogen-bond acceptors (Lipinski definition) is 2. The van der Waals surface area contributed by atoms with E-state index in [9.17, 15) is 0 Å². The number of rotatable bonds is 0. The summed E-state index contributed by atoms with van der Waals surface area (Å²) in [4.78, 5) is 0. The SMILES string of the molecule is N#N.[NH2-].[NH2-].[NH2-].[NH2-].[NH2-].[Ru+2]. The summed E-state index contributed by atoms with van der Waals surface area (Å²) in [7, 11) is 0. The van der Waals surface area contributed by atoms with Gasteiger partial charge in [-0.05, 0) is 0 Å². The molecule has 0 rings (SSSR count). The molecule has 10 N–H and O–H groups in total. The van der Waals surface area contributed by atoms with Crippen LogP contribution in [-0.4, -0.2) is 0 Å². The minimum absolute atomic E-state index is 0. The molecule has 0 saturated heterocycles. The van der Waals surface area contributed by atoms with E-state index in [1.54, 1.807) is 0 Å². The number of hydrogen-bond donors (Lipinski definition) is 0. The van der Waals surface area contributed by atoms with Gasteiger partial charge in [0.05, 0.1) is 0 Å². The van der Waals surface area contributed by atoms with Crippen molar-refractivity contribution in [3.8, 4) is 0 Å². The molecule has 0 spiro atoms. The Kier molecular flexibility index (Phi) is 615000. The second kappa shape index (κ2) is 9530. The summed E-state index contributed by atoms with van der Waals surface area (Å²) in [6, 6.07) is 0. The molecular weight excluding hydrogens is 199 g/mol. The Morgan fingerprint density at radius 2 is 0.500 bits per heavy atom. The maximum Gasteiger partial charge on any atom is 2.00 e. The van der Waals surface area contributed by atoms with Crippen LogP contribution in [-0.2, 0) is 19.5 Å². The largest absolute Gasteiger partial charge is 2.00 e. The van der Waals surface area contributed by atoms with Crippen molar-refractivity contribution in [2.24, 2.45) is 0 Å². The number of nitrogens with zero attached hydrogens (tertiary/aromatic N) is 2. The van der Waals surface area contributed by atoms with Crippen LogP contribution in [0.3, 0.4) is 0 Å². The van der Waals surface area contributed by atoms with E-state index in [4.69, 9.17) is 10.8 Å². The van der Waals surface area contributed by atoms with Gasteiger partial charge in [-0.2, -0.15) is 0 Å². The molecule has 0 amide bonds. The third kappa shape index (κ3) is 5590. The molecule has 0 aromatic rings. The standard InChI is InChI=1S/N2.5H2N.Ru/c1-2;;;;;;/h;5*1H2;/q;5*-1;+2. The molecule has 0 aromatic heterocycles. The minimum Gasteiger partial charge on any atom is -0.693 e. The van der Waals surface area contributed by atoms with Gasteiger partial charge in [-0.25, -0.2) is 0 Å². The van der Waals surface area contributed by atoms with E-state index >= 15 is 0 Å². The molecule has 7 nitrogen and oxygen atoms in total. The third-order valence-electron chi connectivity index (χ3n) is 0. The molecular formula is H10N7Ru-3. The van der Waals surface area contributed by atoms with Crippen molar-refractivity contribution in [2.45, 2.75) is 0 Å². The van der Waals surface area contributed by atoms with Gasteiger partial charge < -0.3 is 30.8 Å². The van der Waals surface area contributed by atoms with Crippen LogP contribution in [0.5, 0.6) is 0 Å². The molecule has 56 valence electrons. The fraction of sp³-hybridized carbons (Fsp3) is 0. The Labute approximate surface area is 61.7 Å². The molecule has 0 radical (unpaired) electrons. The van der Waals surface area contributed by atoms with Crippen molar-refractivity contribution in [3.05, 3.63) is 30.8 Å². The monoisotopic (exact) mass is 210 g/mol. The summed E-state index contributed by atoms with van der Waals surface area (Å²) in [5.74, 6) is 0. The van der Waals surface area contributed by atoms with E-state index < -0.39 is 0 Å². The molecule has 0 aliphatic heterocycles. The van der Waals surface area contributed by atoms with Gasteiger partial charge in [0.15, 0.2) is 0 Å². The van der Waals surface area contributed by atoms with Crippen LogP contribution in [0.2, 0.25) is 0 Å². The fourth-order valence-electron chi connectivity index (χ4n) is 0. The van der Waals surface area contributed by atoms with Crippen molar-refractivity contribution in [1.82, 2.24) is 0 Å². The van der Waals surface area contributed by atoms with Crippen LogP contribution in [0.1, 0.15) is 0 Å². The van der Waals surface area contributed by atoms with Crippen molar-refractivity contribution >= 4 is 0 Å². The Balaban J connectivity index is -0.000000000333. The van der Waals surface area contributed by atoms with Crippen LogP contribution in [0.4, 0.5) is 0 Å². The van der Waals surface area contributed by atoms with Gasteiger partial charge in [0.25, 0.3) is 0 Å². The maximum atomic E-state index is 6.00. The number of nitrogens with two attached hydrogens (primary N) is 5.